The summed E-state index contributed by atoms with van der Waals surface area (Å²) in [4.78, 5) is 12.2. The number of hydrogen-bond donors (Lipinski definition) is 2. The van der Waals surface area contributed by atoms with Crippen LogP contribution in [-0.4, -0.2) is 39.0 Å². The summed E-state index contributed by atoms with van der Waals surface area (Å²) in [6.07, 6.45) is 20.9. The van der Waals surface area contributed by atoms with Gasteiger partial charge >= 0.3 is 0 Å². The lowest BCUT2D eigenvalue weighted by atomic mass is 9.97. The summed E-state index contributed by atoms with van der Waals surface area (Å²) in [7, 11) is 0. The fourth-order valence-electron chi connectivity index (χ4n) is 4.82. The maximum atomic E-state index is 12.5. The number of ketones is 1. The van der Waals surface area contributed by atoms with E-state index in [0.29, 0.717) is 19.3 Å². The number of rotatable bonds is 21. The van der Waals surface area contributed by atoms with Gasteiger partial charge in [-0.1, -0.05) is 90.9 Å². The zero-order chi connectivity index (χ0) is 24.4. The van der Waals surface area contributed by atoms with E-state index in [1.54, 1.807) is 0 Å². The Morgan fingerprint density at radius 2 is 1.52 bits per heavy atom. The van der Waals surface area contributed by atoms with E-state index < -0.39 is 6.10 Å². The second-order valence-corrected chi connectivity index (χ2v) is 12.4. The summed E-state index contributed by atoms with van der Waals surface area (Å²) in [5.41, 5.74) is 0. The van der Waals surface area contributed by atoms with Crippen LogP contribution in [0.2, 0.25) is 0 Å². The monoisotopic (exact) mass is 502 g/mol. The summed E-state index contributed by atoms with van der Waals surface area (Å²) in [6, 6.07) is 0. The number of thioether (sulfide) groups is 1. The van der Waals surface area contributed by atoms with Gasteiger partial charge in [0.25, 0.3) is 0 Å². The molecule has 1 N–H and O–H groups in total. The predicted molar refractivity (Wildman–Crippen MR) is 149 cm³/mol. The third-order valence-corrected chi connectivity index (χ3v) is 8.84. The van der Waals surface area contributed by atoms with Gasteiger partial charge in [0, 0.05) is 12.8 Å². The van der Waals surface area contributed by atoms with E-state index in [1.807, 2.05) is 11.8 Å². The van der Waals surface area contributed by atoms with Crippen LogP contribution in [-0.2, 0) is 9.53 Å². The maximum absolute atomic E-state index is 12.5. The summed E-state index contributed by atoms with van der Waals surface area (Å²) >= 11 is 6.45. The molecule has 33 heavy (non-hydrogen) atoms. The molecule has 0 radical (unpaired) electrons. The van der Waals surface area contributed by atoms with Crippen LogP contribution in [0.15, 0.2) is 0 Å². The number of thiol groups is 1. The highest BCUT2D eigenvalue weighted by Gasteiger charge is 2.38. The fourth-order valence-corrected chi connectivity index (χ4v) is 6.84. The SMILES string of the molecule is CCCCCCCCCC(=O)C(S)CC(O)CC1(CCCCCCCCC)OC(C)CCS1. The second kappa shape index (κ2) is 19.5. The molecule has 1 saturated heterocycles. The summed E-state index contributed by atoms with van der Waals surface area (Å²) < 4.78 is 6.44. The second-order valence-electron chi connectivity index (χ2n) is 10.3. The molecular formula is C28H54O3S2. The van der Waals surface area contributed by atoms with Crippen LogP contribution < -0.4 is 0 Å². The summed E-state index contributed by atoms with van der Waals surface area (Å²) in [5.74, 6) is 1.28. The van der Waals surface area contributed by atoms with Gasteiger partial charge in [0.05, 0.1) is 17.5 Å². The molecule has 5 heteroatoms. The van der Waals surface area contributed by atoms with Crippen LogP contribution in [0.1, 0.15) is 143 Å². The Labute approximate surface area is 215 Å². The highest BCUT2D eigenvalue weighted by atomic mass is 32.2. The van der Waals surface area contributed by atoms with Gasteiger partial charge in [-0.25, -0.2) is 0 Å². The normalized spacial score (nSPS) is 22.9. The van der Waals surface area contributed by atoms with Gasteiger partial charge < -0.3 is 9.84 Å². The van der Waals surface area contributed by atoms with Crippen LogP contribution >= 0.6 is 24.4 Å². The quantitative estimate of drug-likeness (QED) is 0.122. The molecule has 196 valence electrons. The number of aliphatic hydroxyl groups excluding tert-OH is 1. The molecular weight excluding hydrogens is 448 g/mol. The molecule has 0 amide bonds. The third-order valence-electron chi connectivity index (χ3n) is 6.91. The number of hydrogen-bond acceptors (Lipinski definition) is 5. The van der Waals surface area contributed by atoms with Crippen LogP contribution in [0.3, 0.4) is 0 Å². The Morgan fingerprint density at radius 3 is 2.09 bits per heavy atom. The van der Waals surface area contributed by atoms with Gasteiger partial charge in [0.15, 0.2) is 0 Å². The van der Waals surface area contributed by atoms with Crippen molar-refractivity contribution in [2.24, 2.45) is 0 Å². The van der Waals surface area contributed by atoms with Crippen molar-refractivity contribution in [2.75, 3.05) is 5.75 Å². The number of carbonyl (C=O) groups excluding carboxylic acids is 1. The number of carbonyl (C=O) groups is 1. The van der Waals surface area contributed by atoms with E-state index in [-0.39, 0.29) is 22.1 Å². The lowest BCUT2D eigenvalue weighted by Gasteiger charge is -2.41. The Morgan fingerprint density at radius 1 is 0.970 bits per heavy atom. The molecule has 4 unspecified atom stereocenters. The van der Waals surface area contributed by atoms with Gasteiger partial charge in [0.1, 0.15) is 10.7 Å². The van der Waals surface area contributed by atoms with E-state index in [2.05, 4.69) is 33.4 Å². The van der Waals surface area contributed by atoms with E-state index in [0.717, 1.165) is 37.9 Å². The fraction of sp³-hybridized carbons (Fsp3) is 0.964. The van der Waals surface area contributed by atoms with Crippen molar-refractivity contribution in [1.82, 2.24) is 0 Å². The van der Waals surface area contributed by atoms with Gasteiger partial charge in [-0.05, 0) is 44.8 Å². The molecule has 0 spiro atoms. The van der Waals surface area contributed by atoms with Gasteiger partial charge in [-0.3, -0.25) is 4.79 Å². The molecule has 0 saturated carbocycles. The average Bonchev–Trinajstić information content (AvgIpc) is 2.77. The molecule has 0 aliphatic carbocycles. The predicted octanol–water partition coefficient (Wildman–Crippen LogP) is 8.51. The van der Waals surface area contributed by atoms with E-state index in [9.17, 15) is 9.90 Å². The molecule has 0 aromatic heterocycles. The number of Topliss-reactive ketones (excluding diaryl/α,β-unsaturated/α-hetero) is 1. The molecule has 0 aromatic rings. The smallest absolute Gasteiger partial charge is 0.145 e. The van der Waals surface area contributed by atoms with Crippen LogP contribution in [0, 0.1) is 0 Å². The van der Waals surface area contributed by atoms with Crippen LogP contribution in [0.25, 0.3) is 0 Å². The highest BCUT2D eigenvalue weighted by molar-refractivity contribution is 8.00. The lowest BCUT2D eigenvalue weighted by molar-refractivity contribution is -0.119. The van der Waals surface area contributed by atoms with Crippen LogP contribution in [0.4, 0.5) is 0 Å². The Balaban J connectivity index is 2.37. The molecule has 1 fully saturated rings. The highest BCUT2D eigenvalue weighted by Crippen LogP contribution is 2.43. The van der Waals surface area contributed by atoms with E-state index >= 15 is 0 Å². The molecule has 1 aliphatic heterocycles. The molecule has 4 atom stereocenters. The lowest BCUT2D eigenvalue weighted by Crippen LogP contribution is -2.41. The number of unbranched alkanes of at least 4 members (excludes halogenated alkanes) is 12. The molecule has 0 bridgehead atoms. The third kappa shape index (κ3) is 15.1. The zero-order valence-corrected chi connectivity index (χ0v) is 23.7. The van der Waals surface area contributed by atoms with Gasteiger partial charge in [0.2, 0.25) is 0 Å². The molecule has 3 nitrogen and oxygen atoms in total. The zero-order valence-electron chi connectivity index (χ0n) is 22.0. The van der Waals surface area contributed by atoms with Crippen molar-refractivity contribution in [3.8, 4) is 0 Å². The molecule has 0 aromatic carbocycles. The Kier molecular flexibility index (Phi) is 18.5. The number of aliphatic hydroxyl groups is 1. The maximum Gasteiger partial charge on any atom is 0.145 e. The average molecular weight is 503 g/mol. The summed E-state index contributed by atoms with van der Waals surface area (Å²) in [5, 5.41) is 10.5. The molecule has 1 heterocycles. The van der Waals surface area contributed by atoms with Crippen molar-refractivity contribution < 1.29 is 14.6 Å². The van der Waals surface area contributed by atoms with Crippen molar-refractivity contribution >= 4 is 30.2 Å². The van der Waals surface area contributed by atoms with E-state index in [1.165, 1.54) is 70.6 Å². The minimum atomic E-state index is -0.534. The molecule has 1 aliphatic rings. The van der Waals surface area contributed by atoms with Crippen molar-refractivity contribution in [1.29, 1.82) is 0 Å². The van der Waals surface area contributed by atoms with Gasteiger partial charge in [-0.2, -0.15) is 12.6 Å². The van der Waals surface area contributed by atoms with E-state index in [4.69, 9.17) is 4.74 Å². The molecule has 1 rings (SSSR count). The van der Waals surface area contributed by atoms with Crippen molar-refractivity contribution in [3.63, 3.8) is 0 Å². The van der Waals surface area contributed by atoms with Crippen molar-refractivity contribution in [2.45, 2.75) is 165 Å². The van der Waals surface area contributed by atoms with Crippen molar-refractivity contribution in [3.05, 3.63) is 0 Å². The first-order chi connectivity index (χ1) is 15.9. The first-order valence-corrected chi connectivity index (χ1v) is 15.6. The Bertz CT molecular complexity index is 488. The standard InChI is InChI=1S/C28H54O3S2/c1-4-6-8-10-12-14-16-18-26(30)27(32)22-25(29)23-28(31-24(3)19-21-33-28)20-17-15-13-11-9-7-5-2/h24-25,27,29,32H,4-23H2,1-3H3. The minimum Gasteiger partial charge on any atom is -0.393 e. The minimum absolute atomic E-state index is 0.192. The topological polar surface area (TPSA) is 46.5 Å². The first-order valence-electron chi connectivity index (χ1n) is 14.1. The van der Waals surface area contributed by atoms with Gasteiger partial charge in [-0.15, -0.1) is 11.8 Å². The summed E-state index contributed by atoms with van der Waals surface area (Å²) in [6.45, 7) is 6.64. The largest absolute Gasteiger partial charge is 0.393 e. The first kappa shape index (κ1) is 31.3. The van der Waals surface area contributed by atoms with Crippen LogP contribution in [0.5, 0.6) is 0 Å². The number of ether oxygens (including phenoxy) is 1. The Hall–Kier alpha value is 0.290.